The third kappa shape index (κ3) is 2.37. The molecule has 0 bridgehead atoms. The van der Waals surface area contributed by atoms with Crippen molar-refractivity contribution in [2.75, 3.05) is 19.8 Å². The van der Waals surface area contributed by atoms with Crippen molar-refractivity contribution in [3.63, 3.8) is 0 Å². The number of hydrogen-bond acceptors (Lipinski definition) is 3. The summed E-state index contributed by atoms with van der Waals surface area (Å²) in [7, 11) is 0. The second kappa shape index (κ2) is 4.86. The van der Waals surface area contributed by atoms with Gasteiger partial charge < -0.3 is 14.6 Å². The molecule has 1 aliphatic heterocycles. The van der Waals surface area contributed by atoms with Gasteiger partial charge in [-0.05, 0) is 17.7 Å². The molecule has 0 radical (unpaired) electrons. The summed E-state index contributed by atoms with van der Waals surface area (Å²) >= 11 is 0. The lowest BCUT2D eigenvalue weighted by molar-refractivity contribution is -0.133. The van der Waals surface area contributed by atoms with Crippen molar-refractivity contribution < 1.29 is 23.4 Å². The average Bonchev–Trinajstić information content (AvgIpc) is 2.33. The van der Waals surface area contributed by atoms with Crippen LogP contribution in [0.3, 0.4) is 0 Å². The highest BCUT2D eigenvalue weighted by atomic mass is 19.2. The van der Waals surface area contributed by atoms with Gasteiger partial charge in [0.15, 0.2) is 11.6 Å². The van der Waals surface area contributed by atoms with E-state index in [2.05, 4.69) is 0 Å². The fraction of sp³-hybridized carbons (Fsp3) is 0.455. The smallest absolute Gasteiger partial charge is 0.159 e. The normalized spacial score (nSPS) is 23.1. The van der Waals surface area contributed by atoms with Crippen molar-refractivity contribution in [1.29, 1.82) is 0 Å². The highest BCUT2D eigenvalue weighted by molar-refractivity contribution is 5.21. The van der Waals surface area contributed by atoms with Gasteiger partial charge in [0.25, 0.3) is 0 Å². The van der Waals surface area contributed by atoms with Crippen molar-refractivity contribution in [3.8, 4) is 0 Å². The molecule has 1 aromatic carbocycles. The Kier molecular flexibility index (Phi) is 3.48. The Morgan fingerprint density at radius 3 is 2.69 bits per heavy atom. The second-order valence-corrected chi connectivity index (χ2v) is 3.60. The van der Waals surface area contributed by atoms with E-state index in [0.29, 0.717) is 13.2 Å². The minimum atomic E-state index is -1.00. The molecular formula is C11H12F2O3. The van der Waals surface area contributed by atoms with Crippen molar-refractivity contribution in [2.45, 2.75) is 12.2 Å². The van der Waals surface area contributed by atoms with E-state index in [0.717, 1.165) is 12.1 Å². The molecule has 0 saturated carbocycles. The van der Waals surface area contributed by atoms with E-state index in [-0.39, 0.29) is 12.2 Å². The Morgan fingerprint density at radius 2 is 2.06 bits per heavy atom. The van der Waals surface area contributed by atoms with Crippen LogP contribution in [0, 0.1) is 11.6 Å². The molecule has 2 atom stereocenters. The Bertz CT molecular complexity index is 364. The van der Waals surface area contributed by atoms with Gasteiger partial charge in [-0.2, -0.15) is 0 Å². The molecule has 1 fully saturated rings. The summed E-state index contributed by atoms with van der Waals surface area (Å²) in [5, 5.41) is 9.87. The Hall–Kier alpha value is -1.04. The summed E-state index contributed by atoms with van der Waals surface area (Å²) in [5.41, 5.74) is 0.286. The van der Waals surface area contributed by atoms with Gasteiger partial charge >= 0.3 is 0 Å². The van der Waals surface area contributed by atoms with E-state index in [4.69, 9.17) is 9.47 Å². The fourth-order valence-electron chi connectivity index (χ4n) is 1.60. The predicted molar refractivity (Wildman–Crippen MR) is 51.9 cm³/mol. The summed E-state index contributed by atoms with van der Waals surface area (Å²) in [6.07, 6.45) is -1.53. The van der Waals surface area contributed by atoms with Crippen molar-refractivity contribution in [3.05, 3.63) is 35.4 Å². The number of ether oxygens (including phenoxy) is 2. The van der Waals surface area contributed by atoms with Gasteiger partial charge in [0.05, 0.1) is 19.8 Å². The molecule has 3 nitrogen and oxygen atoms in total. The minimum absolute atomic E-state index is 0.250. The van der Waals surface area contributed by atoms with E-state index in [1.807, 2.05) is 0 Å². The predicted octanol–water partition coefficient (Wildman–Crippen LogP) is 1.41. The van der Waals surface area contributed by atoms with Crippen molar-refractivity contribution in [1.82, 2.24) is 0 Å². The maximum atomic E-state index is 12.9. The lowest BCUT2D eigenvalue weighted by Gasteiger charge is -2.27. The third-order valence-electron chi connectivity index (χ3n) is 2.48. The van der Waals surface area contributed by atoms with Crippen LogP contribution in [-0.4, -0.2) is 31.0 Å². The van der Waals surface area contributed by atoms with Crippen LogP contribution < -0.4 is 0 Å². The summed E-state index contributed by atoms with van der Waals surface area (Å²) in [4.78, 5) is 0. The fourth-order valence-corrected chi connectivity index (χ4v) is 1.60. The average molecular weight is 230 g/mol. The first-order valence-electron chi connectivity index (χ1n) is 5.01. The first-order valence-corrected chi connectivity index (χ1v) is 5.01. The Balaban J connectivity index is 2.12. The third-order valence-corrected chi connectivity index (χ3v) is 2.48. The molecule has 88 valence electrons. The van der Waals surface area contributed by atoms with Gasteiger partial charge in [-0.25, -0.2) is 8.78 Å². The number of aliphatic hydroxyl groups excluding tert-OH is 1. The first-order chi connectivity index (χ1) is 7.68. The van der Waals surface area contributed by atoms with Gasteiger partial charge in [0, 0.05) is 0 Å². The van der Waals surface area contributed by atoms with Crippen LogP contribution in [0.25, 0.3) is 0 Å². The van der Waals surface area contributed by atoms with Gasteiger partial charge in [-0.1, -0.05) is 6.07 Å². The van der Waals surface area contributed by atoms with Gasteiger partial charge in [0.1, 0.15) is 12.2 Å². The molecule has 0 spiro atoms. The van der Waals surface area contributed by atoms with E-state index in [1.165, 1.54) is 6.07 Å². The van der Waals surface area contributed by atoms with Crippen LogP contribution in [0.2, 0.25) is 0 Å². The number of hydrogen-bond donors (Lipinski definition) is 1. The molecule has 0 amide bonds. The molecule has 1 aromatic rings. The maximum absolute atomic E-state index is 12.9. The minimum Gasteiger partial charge on any atom is -0.386 e. The molecule has 2 rings (SSSR count). The summed E-state index contributed by atoms with van der Waals surface area (Å²) < 4.78 is 36.0. The van der Waals surface area contributed by atoms with E-state index in [9.17, 15) is 13.9 Å². The lowest BCUT2D eigenvalue weighted by atomic mass is 10.0. The zero-order valence-corrected chi connectivity index (χ0v) is 8.53. The largest absolute Gasteiger partial charge is 0.386 e. The van der Waals surface area contributed by atoms with E-state index >= 15 is 0 Å². The second-order valence-electron chi connectivity index (χ2n) is 3.60. The number of aliphatic hydroxyl groups is 1. The van der Waals surface area contributed by atoms with Crippen molar-refractivity contribution >= 4 is 0 Å². The standard InChI is InChI=1S/C11H12F2O3/c12-8-2-1-7(5-9(8)13)11(14)10-6-15-3-4-16-10/h1-2,5,10-11,14H,3-4,6H2. The Labute approximate surface area is 91.6 Å². The summed E-state index contributed by atoms with van der Waals surface area (Å²) in [5.74, 6) is -1.91. The zero-order chi connectivity index (χ0) is 11.5. The van der Waals surface area contributed by atoms with E-state index < -0.39 is 23.8 Å². The number of benzene rings is 1. The molecular weight excluding hydrogens is 218 g/mol. The maximum Gasteiger partial charge on any atom is 0.159 e. The van der Waals surface area contributed by atoms with E-state index in [1.54, 1.807) is 0 Å². The molecule has 1 heterocycles. The van der Waals surface area contributed by atoms with Gasteiger partial charge in [-0.3, -0.25) is 0 Å². The van der Waals surface area contributed by atoms with Crippen LogP contribution in [-0.2, 0) is 9.47 Å². The molecule has 16 heavy (non-hydrogen) atoms. The number of halogens is 2. The quantitative estimate of drug-likeness (QED) is 0.835. The lowest BCUT2D eigenvalue weighted by Crippen LogP contribution is -2.33. The number of rotatable bonds is 2. The highest BCUT2D eigenvalue weighted by Gasteiger charge is 2.25. The summed E-state index contributed by atoms with van der Waals surface area (Å²) in [6.45, 7) is 1.13. The first kappa shape index (κ1) is 11.4. The van der Waals surface area contributed by atoms with Crippen LogP contribution in [0.1, 0.15) is 11.7 Å². The highest BCUT2D eigenvalue weighted by Crippen LogP contribution is 2.22. The van der Waals surface area contributed by atoms with Crippen molar-refractivity contribution in [2.24, 2.45) is 0 Å². The molecule has 1 aliphatic rings. The topological polar surface area (TPSA) is 38.7 Å². The van der Waals surface area contributed by atoms with Crippen LogP contribution in [0.15, 0.2) is 18.2 Å². The van der Waals surface area contributed by atoms with Crippen LogP contribution in [0.5, 0.6) is 0 Å². The SMILES string of the molecule is OC(c1ccc(F)c(F)c1)C1COCCO1. The molecule has 0 aromatic heterocycles. The summed E-state index contributed by atoms with van der Waals surface area (Å²) in [6, 6.07) is 3.29. The monoisotopic (exact) mass is 230 g/mol. The molecule has 2 unspecified atom stereocenters. The molecule has 5 heteroatoms. The Morgan fingerprint density at radius 1 is 1.25 bits per heavy atom. The zero-order valence-electron chi connectivity index (χ0n) is 8.53. The molecule has 1 saturated heterocycles. The van der Waals surface area contributed by atoms with Crippen LogP contribution >= 0.6 is 0 Å². The molecule has 1 N–H and O–H groups in total. The van der Waals surface area contributed by atoms with Gasteiger partial charge in [-0.15, -0.1) is 0 Å². The van der Waals surface area contributed by atoms with Crippen LogP contribution in [0.4, 0.5) is 8.78 Å². The molecule has 0 aliphatic carbocycles. The van der Waals surface area contributed by atoms with Gasteiger partial charge in [0.2, 0.25) is 0 Å².